The lowest BCUT2D eigenvalue weighted by Gasteiger charge is -2.06. The second-order valence-corrected chi connectivity index (χ2v) is 3.86. The second-order valence-electron chi connectivity index (χ2n) is 3.86. The van der Waals surface area contributed by atoms with Crippen LogP contribution in [0.4, 0.5) is 4.39 Å². The van der Waals surface area contributed by atoms with Gasteiger partial charge in [-0.25, -0.2) is 9.18 Å². The molecule has 0 saturated carbocycles. The third kappa shape index (κ3) is 5.33. The fraction of sp³-hybridized carbons (Fsp3) is 0.286. The summed E-state index contributed by atoms with van der Waals surface area (Å²) < 4.78 is 23.0. The Hall–Kier alpha value is -2.17. The quantitative estimate of drug-likeness (QED) is 0.742. The van der Waals surface area contributed by atoms with Gasteiger partial charge in [-0.3, -0.25) is 4.79 Å². The zero-order chi connectivity index (χ0) is 14.3. The summed E-state index contributed by atoms with van der Waals surface area (Å²) in [5.41, 5.74) is 0.615. The predicted octanol–water partition coefficient (Wildman–Crippen LogP) is 2.37. The van der Waals surface area contributed by atoms with Crippen molar-refractivity contribution >= 4 is 17.8 Å². The minimum atomic E-state index is -0.579. The van der Waals surface area contributed by atoms with Gasteiger partial charge in [-0.2, -0.15) is 0 Å². The smallest absolute Gasteiger partial charge is 0.343 e. The number of benzene rings is 1. The van der Waals surface area contributed by atoms with E-state index in [1.165, 1.54) is 26.2 Å². The van der Waals surface area contributed by atoms with Crippen LogP contribution in [0.15, 0.2) is 24.3 Å². The maximum atomic E-state index is 13.6. The van der Waals surface area contributed by atoms with Gasteiger partial charge < -0.3 is 9.47 Å². The van der Waals surface area contributed by atoms with Gasteiger partial charge in [-0.15, -0.1) is 0 Å². The van der Waals surface area contributed by atoms with E-state index in [0.717, 1.165) is 0 Å². The molecular formula is C14H15FO4. The summed E-state index contributed by atoms with van der Waals surface area (Å²) in [5.74, 6) is -1.14. The van der Waals surface area contributed by atoms with E-state index in [2.05, 4.69) is 4.74 Å². The van der Waals surface area contributed by atoms with Gasteiger partial charge in [0.05, 0.1) is 7.11 Å². The Kier molecular flexibility index (Phi) is 5.73. The van der Waals surface area contributed by atoms with Crippen LogP contribution in [0.2, 0.25) is 0 Å². The number of Topliss-reactive ketones (excluding diaryl/α,β-unsaturated/α-hetero) is 1. The van der Waals surface area contributed by atoms with Crippen molar-refractivity contribution in [3.05, 3.63) is 35.7 Å². The number of esters is 1. The molecule has 0 heterocycles. The lowest BCUT2D eigenvalue weighted by atomic mass is 10.1. The Balaban J connectivity index is 2.66. The van der Waals surface area contributed by atoms with E-state index in [1.807, 2.05) is 0 Å². The van der Waals surface area contributed by atoms with Crippen LogP contribution in [0.25, 0.3) is 6.08 Å². The Morgan fingerprint density at radius 2 is 2.11 bits per heavy atom. The molecule has 1 aromatic carbocycles. The molecule has 5 heteroatoms. The molecular weight excluding hydrogens is 251 g/mol. The summed E-state index contributed by atoms with van der Waals surface area (Å²) in [7, 11) is 1.23. The molecule has 0 spiro atoms. The van der Waals surface area contributed by atoms with Crippen molar-refractivity contribution in [2.24, 2.45) is 0 Å². The van der Waals surface area contributed by atoms with Crippen LogP contribution in [0.3, 0.4) is 0 Å². The zero-order valence-electron chi connectivity index (χ0n) is 10.8. The molecule has 1 rings (SSSR count). The van der Waals surface area contributed by atoms with Crippen LogP contribution in [0.1, 0.15) is 18.9 Å². The van der Waals surface area contributed by atoms with Gasteiger partial charge in [-0.1, -0.05) is 18.2 Å². The summed E-state index contributed by atoms with van der Waals surface area (Å²) >= 11 is 0. The molecule has 0 atom stereocenters. The van der Waals surface area contributed by atoms with Crippen LogP contribution in [0.5, 0.6) is 5.75 Å². The fourth-order valence-electron chi connectivity index (χ4n) is 1.29. The average molecular weight is 266 g/mol. The number of carbonyl (C=O) groups is 2. The minimum Gasteiger partial charge on any atom is -0.479 e. The Morgan fingerprint density at radius 3 is 2.68 bits per heavy atom. The highest BCUT2D eigenvalue weighted by atomic mass is 19.1. The number of rotatable bonds is 6. The van der Waals surface area contributed by atoms with Crippen molar-refractivity contribution in [3.8, 4) is 5.75 Å². The monoisotopic (exact) mass is 266 g/mol. The highest BCUT2D eigenvalue weighted by Crippen LogP contribution is 2.19. The largest absolute Gasteiger partial charge is 0.479 e. The van der Waals surface area contributed by atoms with E-state index in [1.54, 1.807) is 18.2 Å². The maximum absolute atomic E-state index is 13.6. The van der Waals surface area contributed by atoms with Crippen molar-refractivity contribution in [2.75, 3.05) is 13.7 Å². The van der Waals surface area contributed by atoms with Crippen molar-refractivity contribution in [2.45, 2.75) is 13.3 Å². The van der Waals surface area contributed by atoms with E-state index >= 15 is 0 Å². The summed E-state index contributed by atoms with van der Waals surface area (Å²) in [6.07, 6.45) is 3.61. The number of ketones is 1. The summed E-state index contributed by atoms with van der Waals surface area (Å²) in [4.78, 5) is 21.6. The van der Waals surface area contributed by atoms with Crippen LogP contribution < -0.4 is 4.74 Å². The van der Waals surface area contributed by atoms with Gasteiger partial charge in [-0.05, 0) is 24.6 Å². The van der Waals surface area contributed by atoms with E-state index in [0.29, 0.717) is 12.0 Å². The van der Waals surface area contributed by atoms with Gasteiger partial charge in [0.1, 0.15) is 5.78 Å². The fourth-order valence-corrected chi connectivity index (χ4v) is 1.29. The van der Waals surface area contributed by atoms with Crippen LogP contribution in [-0.4, -0.2) is 25.5 Å². The highest BCUT2D eigenvalue weighted by Gasteiger charge is 2.07. The van der Waals surface area contributed by atoms with Gasteiger partial charge in [0, 0.05) is 6.42 Å². The van der Waals surface area contributed by atoms with E-state index in [-0.39, 0.29) is 18.1 Å². The molecule has 19 heavy (non-hydrogen) atoms. The SMILES string of the molecule is COC(=O)COc1ccc(C=CCC(C)=O)cc1F. The molecule has 0 aliphatic heterocycles. The number of allylic oxidation sites excluding steroid dienone is 1. The van der Waals surface area contributed by atoms with Crippen LogP contribution in [-0.2, 0) is 14.3 Å². The first kappa shape index (κ1) is 14.9. The number of methoxy groups -OCH3 is 1. The van der Waals surface area contributed by atoms with Crippen molar-refractivity contribution in [3.63, 3.8) is 0 Å². The first-order valence-electron chi connectivity index (χ1n) is 5.68. The first-order valence-corrected chi connectivity index (χ1v) is 5.68. The molecule has 102 valence electrons. The summed E-state index contributed by atoms with van der Waals surface area (Å²) in [5, 5.41) is 0. The number of hydrogen-bond acceptors (Lipinski definition) is 4. The molecule has 4 nitrogen and oxygen atoms in total. The molecule has 0 aliphatic carbocycles. The van der Waals surface area contributed by atoms with Crippen molar-refractivity contribution < 1.29 is 23.5 Å². The minimum absolute atomic E-state index is 0.0193. The third-order valence-electron chi connectivity index (χ3n) is 2.24. The van der Waals surface area contributed by atoms with Crippen LogP contribution in [0, 0.1) is 5.82 Å². The van der Waals surface area contributed by atoms with Gasteiger partial charge in [0.2, 0.25) is 0 Å². The van der Waals surface area contributed by atoms with Gasteiger partial charge in [0.15, 0.2) is 18.2 Å². The zero-order valence-corrected chi connectivity index (χ0v) is 10.8. The summed E-state index contributed by atoms with van der Waals surface area (Å²) in [6, 6.07) is 4.32. The number of ether oxygens (including phenoxy) is 2. The van der Waals surface area contributed by atoms with E-state index in [4.69, 9.17) is 4.74 Å². The van der Waals surface area contributed by atoms with Crippen molar-refractivity contribution in [1.29, 1.82) is 0 Å². The summed E-state index contributed by atoms with van der Waals surface area (Å²) in [6.45, 7) is 1.14. The lowest BCUT2D eigenvalue weighted by molar-refractivity contribution is -0.143. The Morgan fingerprint density at radius 1 is 1.37 bits per heavy atom. The third-order valence-corrected chi connectivity index (χ3v) is 2.24. The van der Waals surface area contributed by atoms with Crippen molar-refractivity contribution in [1.82, 2.24) is 0 Å². The predicted molar refractivity (Wildman–Crippen MR) is 68.2 cm³/mol. The molecule has 0 bridgehead atoms. The normalized spacial score (nSPS) is 10.5. The van der Waals surface area contributed by atoms with Gasteiger partial charge in [0.25, 0.3) is 0 Å². The number of halogens is 1. The molecule has 0 amide bonds. The standard InChI is InChI=1S/C14H15FO4/c1-10(16)4-3-5-11-6-7-13(12(15)8-11)19-9-14(17)18-2/h3,5-8H,4,9H2,1-2H3. The molecule has 0 radical (unpaired) electrons. The van der Waals surface area contributed by atoms with E-state index < -0.39 is 11.8 Å². The Labute approximate surface area is 110 Å². The lowest BCUT2D eigenvalue weighted by Crippen LogP contribution is -2.13. The second kappa shape index (κ2) is 7.31. The maximum Gasteiger partial charge on any atom is 0.343 e. The molecule has 0 aromatic heterocycles. The number of carbonyl (C=O) groups excluding carboxylic acids is 2. The van der Waals surface area contributed by atoms with Crippen LogP contribution >= 0.6 is 0 Å². The highest BCUT2D eigenvalue weighted by molar-refractivity contribution is 5.78. The molecule has 0 unspecified atom stereocenters. The Bertz CT molecular complexity index is 494. The topological polar surface area (TPSA) is 52.6 Å². The molecule has 0 fully saturated rings. The molecule has 0 saturated heterocycles. The van der Waals surface area contributed by atoms with Gasteiger partial charge >= 0.3 is 5.97 Å². The molecule has 0 N–H and O–H groups in total. The average Bonchev–Trinajstić information content (AvgIpc) is 2.37. The molecule has 0 aliphatic rings. The van der Waals surface area contributed by atoms with E-state index in [9.17, 15) is 14.0 Å². The first-order chi connectivity index (χ1) is 9.02. The number of hydrogen-bond donors (Lipinski definition) is 0. The molecule has 1 aromatic rings.